The van der Waals surface area contributed by atoms with E-state index in [9.17, 15) is 9.59 Å². The van der Waals surface area contributed by atoms with Crippen LogP contribution in [0.5, 0.6) is 0 Å². The molecule has 0 radical (unpaired) electrons. The van der Waals surface area contributed by atoms with E-state index >= 15 is 0 Å². The Kier molecular flexibility index (Phi) is 4.64. The highest BCUT2D eigenvalue weighted by atomic mass is 35.5. The lowest BCUT2D eigenvalue weighted by atomic mass is 9.98. The van der Waals surface area contributed by atoms with Crippen molar-refractivity contribution in [3.05, 3.63) is 64.4 Å². The van der Waals surface area contributed by atoms with Crippen molar-refractivity contribution < 1.29 is 9.59 Å². The van der Waals surface area contributed by atoms with Gasteiger partial charge in [0.15, 0.2) is 0 Å². The van der Waals surface area contributed by atoms with E-state index in [0.29, 0.717) is 26.2 Å². The summed E-state index contributed by atoms with van der Waals surface area (Å²) in [6.07, 6.45) is 2.76. The average Bonchev–Trinajstić information content (AvgIpc) is 3.02. The first-order valence-electron chi connectivity index (χ1n) is 8.84. The number of likely N-dealkylation sites (tertiary alicyclic amines) is 1. The summed E-state index contributed by atoms with van der Waals surface area (Å²) in [6, 6.07) is 11.5. The molecule has 0 bridgehead atoms. The molecule has 0 unspecified atom stereocenters. The summed E-state index contributed by atoms with van der Waals surface area (Å²) in [5.41, 5.74) is 3.08. The number of carbonyl (C=O) groups excluding carboxylic acids is 2. The lowest BCUT2D eigenvalue weighted by Gasteiger charge is -2.31. The van der Waals surface area contributed by atoms with Crippen LogP contribution in [-0.2, 0) is 29.1 Å². The van der Waals surface area contributed by atoms with Crippen LogP contribution in [0.2, 0.25) is 5.02 Å². The highest BCUT2D eigenvalue weighted by molar-refractivity contribution is 6.31. The van der Waals surface area contributed by atoms with Gasteiger partial charge in [-0.3, -0.25) is 14.6 Å². The van der Waals surface area contributed by atoms with E-state index in [1.807, 2.05) is 41.3 Å². The number of hydrogen-bond acceptors (Lipinski definition) is 3. The average molecular weight is 370 g/mol. The monoisotopic (exact) mass is 369 g/mol. The van der Waals surface area contributed by atoms with Crippen LogP contribution in [0.3, 0.4) is 0 Å². The Morgan fingerprint density at radius 1 is 1.23 bits per heavy atom. The van der Waals surface area contributed by atoms with Crippen molar-refractivity contribution in [2.75, 3.05) is 13.1 Å². The minimum atomic E-state index is -0.271. The summed E-state index contributed by atoms with van der Waals surface area (Å²) in [5, 5.41) is 0.771. The van der Waals surface area contributed by atoms with Crippen LogP contribution in [0.15, 0.2) is 42.6 Å². The topological polar surface area (TPSA) is 53.5 Å². The minimum Gasteiger partial charge on any atom is -0.338 e. The number of pyridine rings is 1. The molecule has 0 aliphatic carbocycles. The van der Waals surface area contributed by atoms with Gasteiger partial charge < -0.3 is 9.80 Å². The zero-order valence-corrected chi connectivity index (χ0v) is 15.2. The first-order valence-corrected chi connectivity index (χ1v) is 9.22. The van der Waals surface area contributed by atoms with Gasteiger partial charge in [-0.15, -0.1) is 0 Å². The Bertz CT molecular complexity index is 840. The van der Waals surface area contributed by atoms with Gasteiger partial charge in [-0.25, -0.2) is 0 Å². The molecule has 0 N–H and O–H groups in total. The van der Waals surface area contributed by atoms with Gasteiger partial charge in [0.05, 0.1) is 18.2 Å². The van der Waals surface area contributed by atoms with Crippen LogP contribution in [0.4, 0.5) is 0 Å². The second-order valence-corrected chi connectivity index (χ2v) is 7.29. The van der Waals surface area contributed by atoms with Gasteiger partial charge in [0.25, 0.3) is 0 Å². The number of aromatic nitrogens is 1. The van der Waals surface area contributed by atoms with Crippen molar-refractivity contribution in [1.29, 1.82) is 0 Å². The van der Waals surface area contributed by atoms with Gasteiger partial charge >= 0.3 is 0 Å². The number of fused-ring (bicyclic) bond motifs is 1. The highest BCUT2D eigenvalue weighted by Crippen LogP contribution is 2.28. The van der Waals surface area contributed by atoms with E-state index in [1.165, 1.54) is 0 Å². The molecule has 1 aromatic heterocycles. The van der Waals surface area contributed by atoms with E-state index in [0.717, 1.165) is 28.3 Å². The molecule has 0 spiro atoms. The van der Waals surface area contributed by atoms with Crippen LogP contribution >= 0.6 is 11.6 Å². The van der Waals surface area contributed by atoms with E-state index in [-0.39, 0.29) is 24.2 Å². The van der Waals surface area contributed by atoms with Gasteiger partial charge in [0, 0.05) is 37.3 Å². The van der Waals surface area contributed by atoms with Gasteiger partial charge in [-0.2, -0.15) is 0 Å². The van der Waals surface area contributed by atoms with E-state index in [2.05, 4.69) is 4.98 Å². The van der Waals surface area contributed by atoms with Crippen LogP contribution in [-0.4, -0.2) is 39.7 Å². The first-order chi connectivity index (χ1) is 12.6. The minimum absolute atomic E-state index is 0.0226. The number of hydrogen-bond donors (Lipinski definition) is 0. The number of amides is 2. The molecule has 1 fully saturated rings. The van der Waals surface area contributed by atoms with E-state index in [4.69, 9.17) is 11.6 Å². The third kappa shape index (κ3) is 3.31. The summed E-state index contributed by atoms with van der Waals surface area (Å²) in [5.74, 6) is -0.186. The molecule has 26 heavy (non-hydrogen) atoms. The van der Waals surface area contributed by atoms with Crippen molar-refractivity contribution in [1.82, 2.24) is 14.8 Å². The predicted molar refractivity (Wildman–Crippen MR) is 98.3 cm³/mol. The molecule has 5 nitrogen and oxygen atoms in total. The summed E-state index contributed by atoms with van der Waals surface area (Å²) in [6.45, 7) is 2.15. The zero-order chi connectivity index (χ0) is 18.1. The van der Waals surface area contributed by atoms with Crippen molar-refractivity contribution in [3.8, 4) is 0 Å². The lowest BCUT2D eigenvalue weighted by Crippen LogP contribution is -2.40. The predicted octanol–water partition coefficient (Wildman–Crippen LogP) is 2.67. The Labute approximate surface area is 157 Å². The number of rotatable bonds is 3. The van der Waals surface area contributed by atoms with Crippen molar-refractivity contribution >= 4 is 23.4 Å². The lowest BCUT2D eigenvalue weighted by molar-refractivity contribution is -0.136. The highest BCUT2D eigenvalue weighted by Gasteiger charge is 2.37. The SMILES string of the molecule is O=C1C[C@H](C(=O)N2CCc3c(Cl)cccc3C2)CN1Cc1ccccn1. The molecule has 0 saturated carbocycles. The summed E-state index contributed by atoms with van der Waals surface area (Å²) in [4.78, 5) is 33.1. The van der Waals surface area contributed by atoms with Gasteiger partial charge in [0.2, 0.25) is 11.8 Å². The standard InChI is InChI=1S/C20H20ClN3O2/c21-18-6-3-4-14-11-23(9-7-17(14)18)20(26)15-10-19(25)24(12-15)13-16-5-1-2-8-22-16/h1-6,8,15H,7,9-13H2/t15-/m0/s1. The first kappa shape index (κ1) is 17.0. The Morgan fingerprint density at radius 3 is 2.92 bits per heavy atom. The van der Waals surface area contributed by atoms with E-state index < -0.39 is 0 Å². The molecule has 1 saturated heterocycles. The van der Waals surface area contributed by atoms with Gasteiger partial charge in [0.1, 0.15) is 0 Å². The smallest absolute Gasteiger partial charge is 0.228 e. The second kappa shape index (κ2) is 7.08. The Morgan fingerprint density at radius 2 is 2.12 bits per heavy atom. The molecule has 6 heteroatoms. The molecule has 1 aromatic carbocycles. The summed E-state index contributed by atoms with van der Waals surface area (Å²) < 4.78 is 0. The number of benzene rings is 1. The third-order valence-corrected chi connectivity index (χ3v) is 5.52. The van der Waals surface area contributed by atoms with Crippen LogP contribution in [0, 0.1) is 5.92 Å². The molecule has 4 rings (SSSR count). The summed E-state index contributed by atoms with van der Waals surface area (Å²) >= 11 is 6.25. The fourth-order valence-electron chi connectivity index (χ4n) is 3.79. The summed E-state index contributed by atoms with van der Waals surface area (Å²) in [7, 11) is 0. The zero-order valence-electron chi connectivity index (χ0n) is 14.4. The molecule has 1 atom stereocenters. The Hall–Kier alpha value is -2.40. The molecule has 2 aliphatic rings. The molecule has 3 heterocycles. The second-order valence-electron chi connectivity index (χ2n) is 6.88. The fourth-order valence-corrected chi connectivity index (χ4v) is 4.08. The van der Waals surface area contributed by atoms with Crippen LogP contribution in [0.25, 0.3) is 0 Å². The quantitative estimate of drug-likeness (QED) is 0.835. The molecule has 2 aromatic rings. The molecule has 134 valence electrons. The maximum Gasteiger partial charge on any atom is 0.228 e. The maximum atomic E-state index is 12.9. The van der Waals surface area contributed by atoms with E-state index in [1.54, 1.807) is 11.1 Å². The molecule has 2 aliphatic heterocycles. The molecular weight excluding hydrogens is 350 g/mol. The van der Waals surface area contributed by atoms with Crippen molar-refractivity contribution in [3.63, 3.8) is 0 Å². The van der Waals surface area contributed by atoms with Crippen LogP contribution in [0.1, 0.15) is 23.2 Å². The van der Waals surface area contributed by atoms with Crippen LogP contribution < -0.4 is 0 Å². The fraction of sp³-hybridized carbons (Fsp3) is 0.350. The largest absolute Gasteiger partial charge is 0.338 e. The van der Waals surface area contributed by atoms with Crippen molar-refractivity contribution in [2.24, 2.45) is 5.92 Å². The van der Waals surface area contributed by atoms with Crippen molar-refractivity contribution in [2.45, 2.75) is 25.9 Å². The number of halogens is 1. The number of nitrogens with zero attached hydrogens (tertiary/aromatic N) is 3. The third-order valence-electron chi connectivity index (χ3n) is 5.16. The Balaban J connectivity index is 1.42. The van der Waals surface area contributed by atoms with Gasteiger partial charge in [-0.1, -0.05) is 29.8 Å². The number of carbonyl (C=O) groups is 2. The normalized spacial score (nSPS) is 19.6. The molecular formula is C20H20ClN3O2. The maximum absolute atomic E-state index is 12.9. The van der Waals surface area contributed by atoms with Gasteiger partial charge in [-0.05, 0) is 35.7 Å². The molecule has 2 amide bonds.